The number of rotatable bonds is 7. The highest BCUT2D eigenvalue weighted by molar-refractivity contribution is 5.81. The predicted octanol–water partition coefficient (Wildman–Crippen LogP) is 5.91. The van der Waals surface area contributed by atoms with Crippen LogP contribution in [-0.4, -0.2) is 29.8 Å². The lowest BCUT2D eigenvalue weighted by Crippen LogP contribution is -2.41. The zero-order valence-corrected chi connectivity index (χ0v) is 19.2. The number of carboxylic acids is 1. The first kappa shape index (κ1) is 23.1. The van der Waals surface area contributed by atoms with E-state index in [1.807, 2.05) is 74.5 Å². The van der Waals surface area contributed by atoms with E-state index in [-0.39, 0.29) is 18.9 Å². The summed E-state index contributed by atoms with van der Waals surface area (Å²) in [5.74, 6) is -1.21. The molecule has 5 heteroatoms. The van der Waals surface area contributed by atoms with Crippen LogP contribution in [0.25, 0.3) is 11.1 Å². The summed E-state index contributed by atoms with van der Waals surface area (Å²) in [4.78, 5) is 24.4. The lowest BCUT2D eigenvalue weighted by Gasteiger charge is -2.17. The number of amides is 1. The van der Waals surface area contributed by atoms with Gasteiger partial charge in [-0.3, -0.25) is 0 Å². The molecular weight excluding hydrogens is 426 g/mol. The van der Waals surface area contributed by atoms with Gasteiger partial charge in [0.1, 0.15) is 12.6 Å². The summed E-state index contributed by atoms with van der Waals surface area (Å²) in [7, 11) is 0. The van der Waals surface area contributed by atoms with E-state index in [4.69, 9.17) is 4.74 Å². The minimum absolute atomic E-state index is 0.0855. The minimum Gasteiger partial charge on any atom is -0.480 e. The SMILES string of the molecule is CC(C)=CC1=CC=C(C[C@H](NC(=O)OCC2c3ccccc3-c3ccccc32)C(=O)O)C=C=C1. The summed E-state index contributed by atoms with van der Waals surface area (Å²) >= 11 is 0. The quantitative estimate of drug-likeness (QED) is 0.511. The molecule has 1 atom stereocenters. The Labute approximate surface area is 199 Å². The molecule has 0 aliphatic heterocycles. The van der Waals surface area contributed by atoms with Crippen LogP contribution < -0.4 is 5.32 Å². The third-order valence-electron chi connectivity index (χ3n) is 5.84. The molecule has 0 fully saturated rings. The van der Waals surface area contributed by atoms with E-state index in [1.54, 1.807) is 6.08 Å². The molecule has 4 rings (SSSR count). The lowest BCUT2D eigenvalue weighted by atomic mass is 9.98. The molecule has 0 unspecified atom stereocenters. The van der Waals surface area contributed by atoms with Crippen molar-refractivity contribution in [2.24, 2.45) is 0 Å². The third-order valence-corrected chi connectivity index (χ3v) is 5.84. The Morgan fingerprint density at radius 1 is 1.03 bits per heavy atom. The summed E-state index contributed by atoms with van der Waals surface area (Å²) in [5.41, 5.74) is 10.4. The highest BCUT2D eigenvalue weighted by Gasteiger charge is 2.29. The van der Waals surface area contributed by atoms with Crippen molar-refractivity contribution in [1.82, 2.24) is 5.32 Å². The fourth-order valence-corrected chi connectivity index (χ4v) is 4.31. The van der Waals surface area contributed by atoms with Crippen molar-refractivity contribution >= 4 is 12.1 Å². The van der Waals surface area contributed by atoms with E-state index in [1.165, 1.54) is 0 Å². The maximum absolute atomic E-state index is 12.6. The van der Waals surface area contributed by atoms with Gasteiger partial charge in [0.25, 0.3) is 0 Å². The maximum Gasteiger partial charge on any atom is 0.407 e. The van der Waals surface area contributed by atoms with Crippen molar-refractivity contribution in [3.63, 3.8) is 0 Å². The molecule has 0 bridgehead atoms. The van der Waals surface area contributed by atoms with Gasteiger partial charge in [-0.1, -0.05) is 72.3 Å². The summed E-state index contributed by atoms with van der Waals surface area (Å²) in [6.07, 6.45) is 8.72. The van der Waals surface area contributed by atoms with Gasteiger partial charge in [-0.05, 0) is 59.4 Å². The number of carbonyl (C=O) groups is 2. The highest BCUT2D eigenvalue weighted by Crippen LogP contribution is 2.44. The normalized spacial score (nSPS) is 14.8. The average Bonchev–Trinajstić information content (AvgIpc) is 2.96. The Balaban J connectivity index is 1.41. The number of alkyl carbamates (subject to hydrolysis) is 1. The topological polar surface area (TPSA) is 75.6 Å². The largest absolute Gasteiger partial charge is 0.480 e. The van der Waals surface area contributed by atoms with Crippen LogP contribution >= 0.6 is 0 Å². The van der Waals surface area contributed by atoms with Crippen LogP contribution in [0.5, 0.6) is 0 Å². The van der Waals surface area contributed by atoms with Crippen molar-refractivity contribution in [2.45, 2.75) is 32.2 Å². The van der Waals surface area contributed by atoms with E-state index in [0.717, 1.165) is 39.0 Å². The van der Waals surface area contributed by atoms with Gasteiger partial charge >= 0.3 is 12.1 Å². The lowest BCUT2D eigenvalue weighted by molar-refractivity contribution is -0.139. The summed E-state index contributed by atoms with van der Waals surface area (Å²) < 4.78 is 5.51. The monoisotopic (exact) mass is 453 g/mol. The number of allylic oxidation sites excluding steroid dienone is 6. The van der Waals surface area contributed by atoms with Gasteiger partial charge < -0.3 is 15.2 Å². The van der Waals surface area contributed by atoms with Crippen LogP contribution in [0, 0.1) is 0 Å². The molecule has 34 heavy (non-hydrogen) atoms. The van der Waals surface area contributed by atoms with Crippen molar-refractivity contribution in [3.05, 3.63) is 112 Å². The van der Waals surface area contributed by atoms with Gasteiger partial charge in [0.15, 0.2) is 0 Å². The van der Waals surface area contributed by atoms with E-state index < -0.39 is 18.1 Å². The van der Waals surface area contributed by atoms with E-state index >= 15 is 0 Å². The Bertz CT molecular complexity index is 1230. The van der Waals surface area contributed by atoms with Crippen LogP contribution in [0.4, 0.5) is 4.79 Å². The van der Waals surface area contributed by atoms with Gasteiger partial charge in [-0.2, -0.15) is 0 Å². The molecule has 1 amide bonds. The van der Waals surface area contributed by atoms with Gasteiger partial charge in [-0.15, -0.1) is 5.73 Å². The molecule has 2 aromatic carbocycles. The van der Waals surface area contributed by atoms with E-state index in [0.29, 0.717) is 0 Å². The second kappa shape index (κ2) is 10.2. The summed E-state index contributed by atoms with van der Waals surface area (Å²) in [6, 6.07) is 15.0. The van der Waals surface area contributed by atoms with Crippen LogP contribution in [-0.2, 0) is 9.53 Å². The first-order valence-electron chi connectivity index (χ1n) is 11.2. The fraction of sp³-hybridized carbons (Fsp3) is 0.207. The number of hydrogen-bond acceptors (Lipinski definition) is 3. The molecule has 2 N–H and O–H groups in total. The number of aliphatic carboxylic acids is 1. The molecule has 0 aromatic heterocycles. The van der Waals surface area contributed by atoms with Gasteiger partial charge in [0.05, 0.1) is 0 Å². The van der Waals surface area contributed by atoms with Gasteiger partial charge in [-0.25, -0.2) is 9.59 Å². The second-order valence-corrected chi connectivity index (χ2v) is 8.65. The molecule has 0 saturated carbocycles. The first-order chi connectivity index (χ1) is 16.4. The van der Waals surface area contributed by atoms with Gasteiger partial charge in [0, 0.05) is 12.3 Å². The maximum atomic E-state index is 12.6. The van der Waals surface area contributed by atoms with Crippen LogP contribution in [0.15, 0.2) is 101 Å². The fourth-order valence-electron chi connectivity index (χ4n) is 4.31. The number of benzene rings is 2. The first-order valence-corrected chi connectivity index (χ1v) is 11.2. The van der Waals surface area contributed by atoms with Crippen molar-refractivity contribution in [2.75, 3.05) is 6.61 Å². The molecule has 0 spiro atoms. The van der Waals surface area contributed by atoms with Crippen molar-refractivity contribution < 1.29 is 19.4 Å². The highest BCUT2D eigenvalue weighted by atomic mass is 16.5. The molecule has 2 aliphatic carbocycles. The number of hydrogen-bond donors (Lipinski definition) is 2. The molecule has 172 valence electrons. The van der Waals surface area contributed by atoms with Crippen molar-refractivity contribution in [3.8, 4) is 11.1 Å². The number of ether oxygens (including phenoxy) is 1. The zero-order valence-electron chi connectivity index (χ0n) is 19.2. The number of nitrogens with one attached hydrogen (secondary N) is 1. The Morgan fingerprint density at radius 2 is 1.68 bits per heavy atom. The molecule has 0 radical (unpaired) electrons. The predicted molar refractivity (Wildman–Crippen MR) is 132 cm³/mol. The molecule has 2 aliphatic rings. The molecular formula is C29H27NO4. The van der Waals surface area contributed by atoms with Crippen LogP contribution in [0.2, 0.25) is 0 Å². The number of fused-ring (bicyclic) bond motifs is 3. The second-order valence-electron chi connectivity index (χ2n) is 8.65. The molecule has 0 saturated heterocycles. The summed E-state index contributed by atoms with van der Waals surface area (Å²) in [5, 5.41) is 12.2. The smallest absolute Gasteiger partial charge is 0.407 e. The molecule has 5 nitrogen and oxygen atoms in total. The molecule has 0 heterocycles. The van der Waals surface area contributed by atoms with Crippen molar-refractivity contribution in [1.29, 1.82) is 0 Å². The van der Waals surface area contributed by atoms with Crippen LogP contribution in [0.1, 0.15) is 37.3 Å². The van der Waals surface area contributed by atoms with Gasteiger partial charge in [0.2, 0.25) is 0 Å². The Hall–Kier alpha value is -4.08. The van der Waals surface area contributed by atoms with Crippen LogP contribution in [0.3, 0.4) is 0 Å². The number of carbonyl (C=O) groups excluding carboxylic acids is 1. The zero-order chi connectivity index (χ0) is 24.1. The summed E-state index contributed by atoms with van der Waals surface area (Å²) in [6.45, 7) is 4.14. The third kappa shape index (κ3) is 5.28. The average molecular weight is 454 g/mol. The van der Waals surface area contributed by atoms with E-state index in [9.17, 15) is 14.7 Å². The standard InChI is InChI=1S/C29H27NO4/c1-19(2)16-20-8-7-9-21(15-14-20)17-27(28(31)32)30-29(33)34-18-26-24-12-5-3-10-22(24)23-11-4-6-13-25(23)26/h3-6,8-16,26-27H,17-18H2,1-2H3,(H,30,33)(H,31,32)/t27-/m0/s1. The Morgan fingerprint density at radius 3 is 2.29 bits per heavy atom. The Kier molecular flexibility index (Phi) is 6.95. The molecule has 2 aromatic rings. The van der Waals surface area contributed by atoms with E-state index in [2.05, 4.69) is 23.2 Å². The minimum atomic E-state index is -1.12. The number of carboxylic acid groups (broad SMARTS) is 1.